The highest BCUT2D eigenvalue weighted by Crippen LogP contribution is 2.37. The largest absolute Gasteiger partial charge is 0.407 e. The Kier molecular flexibility index (Phi) is 7.08. The predicted octanol–water partition coefficient (Wildman–Crippen LogP) is 4.71. The second-order valence-electron chi connectivity index (χ2n) is 6.47. The summed E-state index contributed by atoms with van der Waals surface area (Å²) < 4.78 is 6.06. The zero-order valence-corrected chi connectivity index (χ0v) is 14.2. The van der Waals surface area contributed by atoms with E-state index < -0.39 is 8.32 Å². The van der Waals surface area contributed by atoms with Gasteiger partial charge in [-0.1, -0.05) is 46.6 Å². The highest BCUT2D eigenvalue weighted by atomic mass is 28.4. The van der Waals surface area contributed by atoms with E-state index in [1.165, 1.54) is 0 Å². The molecule has 106 valence electrons. The molecule has 1 atom stereocenters. The van der Waals surface area contributed by atoms with Crippen LogP contribution in [0, 0.1) is 0 Å². The van der Waals surface area contributed by atoms with Gasteiger partial charge in [0, 0.05) is 0 Å². The summed E-state index contributed by atoms with van der Waals surface area (Å²) in [5, 5.41) is 0.146. The van der Waals surface area contributed by atoms with Gasteiger partial charge in [0.25, 0.3) is 0 Å². The van der Waals surface area contributed by atoms with Gasteiger partial charge in [-0.25, -0.2) is 0 Å². The molecule has 0 aromatic heterocycles. The lowest BCUT2D eigenvalue weighted by Gasteiger charge is -2.37. The van der Waals surface area contributed by atoms with Crippen LogP contribution in [0.25, 0.3) is 0 Å². The zero-order valence-electron chi connectivity index (χ0n) is 13.2. The average Bonchev–Trinajstić information content (AvgIpc) is 2.21. The van der Waals surface area contributed by atoms with Gasteiger partial charge in [0.2, 0.25) is 0 Å². The highest BCUT2D eigenvalue weighted by molar-refractivity contribution is 6.74. The number of ketones is 1. The molecule has 0 fully saturated rings. The van der Waals surface area contributed by atoms with Crippen LogP contribution in [0.1, 0.15) is 53.9 Å². The third-order valence-corrected chi connectivity index (χ3v) is 8.24. The van der Waals surface area contributed by atoms with Gasteiger partial charge in [-0.05, 0) is 37.6 Å². The van der Waals surface area contributed by atoms with Crippen molar-refractivity contribution in [2.75, 3.05) is 0 Å². The number of rotatable bonds is 7. The summed E-state index contributed by atoms with van der Waals surface area (Å²) in [6, 6.07) is 0. The number of hydrogen-bond donors (Lipinski definition) is 0. The molecular formula is C15H30O2Si. The van der Waals surface area contributed by atoms with Crippen LogP contribution in [0.15, 0.2) is 12.2 Å². The molecule has 18 heavy (non-hydrogen) atoms. The first-order valence-electron chi connectivity index (χ1n) is 7.00. The van der Waals surface area contributed by atoms with Crippen molar-refractivity contribution < 1.29 is 9.22 Å². The van der Waals surface area contributed by atoms with Crippen LogP contribution < -0.4 is 0 Å². The molecule has 0 spiro atoms. The van der Waals surface area contributed by atoms with Crippen molar-refractivity contribution in [1.29, 1.82) is 0 Å². The van der Waals surface area contributed by atoms with E-state index in [0.29, 0.717) is 0 Å². The Morgan fingerprint density at radius 1 is 1.33 bits per heavy atom. The first-order chi connectivity index (χ1) is 8.12. The summed E-state index contributed by atoms with van der Waals surface area (Å²) in [6.07, 6.45) is 6.62. The van der Waals surface area contributed by atoms with Crippen molar-refractivity contribution in [3.8, 4) is 0 Å². The van der Waals surface area contributed by atoms with Gasteiger partial charge < -0.3 is 4.43 Å². The van der Waals surface area contributed by atoms with Gasteiger partial charge in [-0.2, -0.15) is 0 Å². The molecule has 1 unspecified atom stereocenters. The topological polar surface area (TPSA) is 26.3 Å². The first kappa shape index (κ1) is 17.6. The molecule has 0 N–H and O–H groups in total. The van der Waals surface area contributed by atoms with E-state index in [1.807, 2.05) is 13.0 Å². The molecule has 2 nitrogen and oxygen atoms in total. The van der Waals surface area contributed by atoms with Crippen molar-refractivity contribution in [2.45, 2.75) is 78.1 Å². The van der Waals surface area contributed by atoms with Crippen LogP contribution in [-0.4, -0.2) is 20.2 Å². The summed E-state index contributed by atoms with van der Waals surface area (Å²) in [5.41, 5.74) is 0. The molecule has 3 heteroatoms. The molecule has 0 rings (SSSR count). The van der Waals surface area contributed by atoms with Crippen LogP contribution in [0.3, 0.4) is 0 Å². The van der Waals surface area contributed by atoms with Crippen LogP contribution in [0.4, 0.5) is 0 Å². The van der Waals surface area contributed by atoms with E-state index in [0.717, 1.165) is 19.3 Å². The molecule has 0 amide bonds. The minimum Gasteiger partial charge on any atom is -0.407 e. The molecule has 0 aliphatic carbocycles. The molecule has 0 aromatic rings. The molecule has 0 saturated carbocycles. The quantitative estimate of drug-likeness (QED) is 0.380. The predicted molar refractivity (Wildman–Crippen MR) is 81.4 cm³/mol. The maximum Gasteiger partial charge on any atom is 0.193 e. The lowest BCUT2D eigenvalue weighted by Crippen LogP contribution is -2.44. The minimum atomic E-state index is -1.84. The minimum absolute atomic E-state index is 0.0935. The van der Waals surface area contributed by atoms with Crippen molar-refractivity contribution in [1.82, 2.24) is 0 Å². The zero-order chi connectivity index (χ0) is 14.4. The SMILES string of the molecule is CCCCC=CC(=O)C(C)O[Si](C)(C)C(C)(C)C. The number of unbranched alkanes of at least 4 members (excludes halogenated alkanes) is 2. The Hall–Kier alpha value is -0.413. The van der Waals surface area contributed by atoms with Crippen LogP contribution >= 0.6 is 0 Å². The van der Waals surface area contributed by atoms with E-state index in [2.05, 4.69) is 40.8 Å². The second kappa shape index (κ2) is 7.24. The van der Waals surface area contributed by atoms with Crippen molar-refractivity contribution in [3.05, 3.63) is 12.2 Å². The molecular weight excluding hydrogens is 240 g/mol. The normalized spacial score (nSPS) is 15.1. The maximum absolute atomic E-state index is 11.9. The summed E-state index contributed by atoms with van der Waals surface area (Å²) in [4.78, 5) is 11.9. The van der Waals surface area contributed by atoms with Gasteiger partial charge >= 0.3 is 0 Å². The third-order valence-electron chi connectivity index (χ3n) is 3.68. The van der Waals surface area contributed by atoms with E-state index in [9.17, 15) is 4.79 Å². The molecule has 0 heterocycles. The van der Waals surface area contributed by atoms with E-state index in [1.54, 1.807) is 6.08 Å². The standard InChI is InChI=1S/C15H30O2Si/c1-8-9-10-11-12-14(16)13(2)17-18(6,7)15(3,4)5/h11-13H,8-10H2,1-7H3. The van der Waals surface area contributed by atoms with Gasteiger partial charge in [-0.15, -0.1) is 0 Å². The molecule has 0 aromatic carbocycles. The van der Waals surface area contributed by atoms with Gasteiger partial charge in [-0.3, -0.25) is 4.79 Å². The number of allylic oxidation sites excluding steroid dienone is 1. The van der Waals surface area contributed by atoms with Crippen molar-refractivity contribution >= 4 is 14.1 Å². The Bertz CT molecular complexity index is 287. The summed E-state index contributed by atoms with van der Waals surface area (Å²) >= 11 is 0. The molecule has 0 aliphatic rings. The van der Waals surface area contributed by atoms with E-state index in [4.69, 9.17) is 4.43 Å². The van der Waals surface area contributed by atoms with Crippen LogP contribution in [0.2, 0.25) is 18.1 Å². The van der Waals surface area contributed by atoms with E-state index in [-0.39, 0.29) is 16.9 Å². The van der Waals surface area contributed by atoms with Crippen LogP contribution in [0.5, 0.6) is 0 Å². The van der Waals surface area contributed by atoms with Gasteiger partial charge in [0.05, 0.1) is 0 Å². The molecule has 0 aliphatic heterocycles. The Morgan fingerprint density at radius 3 is 2.33 bits per heavy atom. The fraction of sp³-hybridized carbons (Fsp3) is 0.800. The number of carbonyl (C=O) groups excluding carboxylic acids is 1. The molecule has 0 radical (unpaired) electrons. The lowest BCUT2D eigenvalue weighted by molar-refractivity contribution is -0.120. The molecule has 0 bridgehead atoms. The fourth-order valence-electron chi connectivity index (χ4n) is 1.33. The van der Waals surface area contributed by atoms with Gasteiger partial charge in [0.1, 0.15) is 6.10 Å². The van der Waals surface area contributed by atoms with E-state index >= 15 is 0 Å². The Balaban J connectivity index is 4.36. The summed E-state index contributed by atoms with van der Waals surface area (Å²) in [7, 11) is -1.84. The smallest absolute Gasteiger partial charge is 0.193 e. The third kappa shape index (κ3) is 5.96. The highest BCUT2D eigenvalue weighted by Gasteiger charge is 2.39. The molecule has 0 saturated heterocycles. The lowest BCUT2D eigenvalue weighted by atomic mass is 10.2. The first-order valence-corrected chi connectivity index (χ1v) is 9.91. The Labute approximate surface area is 114 Å². The number of carbonyl (C=O) groups is 1. The summed E-state index contributed by atoms with van der Waals surface area (Å²) in [5.74, 6) is 0.0935. The monoisotopic (exact) mass is 270 g/mol. The Morgan fingerprint density at radius 2 is 1.89 bits per heavy atom. The van der Waals surface area contributed by atoms with Crippen molar-refractivity contribution in [3.63, 3.8) is 0 Å². The fourth-order valence-corrected chi connectivity index (χ4v) is 2.69. The van der Waals surface area contributed by atoms with Crippen LogP contribution in [-0.2, 0) is 9.22 Å². The average molecular weight is 270 g/mol. The number of hydrogen-bond acceptors (Lipinski definition) is 2. The van der Waals surface area contributed by atoms with Gasteiger partial charge in [0.15, 0.2) is 14.1 Å². The summed E-state index contributed by atoms with van der Waals surface area (Å²) in [6.45, 7) is 14.9. The second-order valence-corrected chi connectivity index (χ2v) is 11.2. The maximum atomic E-state index is 11.9. The van der Waals surface area contributed by atoms with Crippen molar-refractivity contribution in [2.24, 2.45) is 0 Å².